The summed E-state index contributed by atoms with van der Waals surface area (Å²) in [6.07, 6.45) is 2.05. The Labute approximate surface area is 163 Å². The number of nitrogens with two attached hydrogens (primary N) is 1. The third-order valence-corrected chi connectivity index (χ3v) is 4.90. The minimum Gasteiger partial charge on any atom is -0.484 e. The third-order valence-electron chi connectivity index (χ3n) is 4.90. The van der Waals surface area contributed by atoms with E-state index >= 15 is 0 Å². The number of benzene rings is 2. The standard InChI is InChI=1S/C22H21N3O3/c23-20(26)15-28-18-10-8-17(9-11-18)22(27)25-14-13-24-12-4-7-19(24)21(25)16-5-2-1-3-6-16/h1-12,21H,13-15H2,(H2,23,26). The summed E-state index contributed by atoms with van der Waals surface area (Å²) in [4.78, 5) is 26.0. The maximum absolute atomic E-state index is 13.3. The Morgan fingerprint density at radius 1 is 0.964 bits per heavy atom. The van der Waals surface area contributed by atoms with Crippen LogP contribution in [0, 0.1) is 0 Å². The van der Waals surface area contributed by atoms with Crippen LogP contribution in [0.25, 0.3) is 0 Å². The van der Waals surface area contributed by atoms with E-state index in [1.807, 2.05) is 41.3 Å². The number of nitrogens with zero attached hydrogens (tertiary/aromatic N) is 2. The van der Waals surface area contributed by atoms with Crippen LogP contribution < -0.4 is 10.5 Å². The highest BCUT2D eigenvalue weighted by atomic mass is 16.5. The van der Waals surface area contributed by atoms with Gasteiger partial charge in [0.2, 0.25) is 0 Å². The molecule has 0 aliphatic carbocycles. The van der Waals surface area contributed by atoms with Gasteiger partial charge < -0.3 is 19.9 Å². The molecule has 3 aromatic rings. The molecule has 1 aromatic heterocycles. The molecule has 0 bridgehead atoms. The summed E-state index contributed by atoms with van der Waals surface area (Å²) in [5.41, 5.74) is 7.85. The van der Waals surface area contributed by atoms with Gasteiger partial charge in [0.1, 0.15) is 5.75 Å². The summed E-state index contributed by atoms with van der Waals surface area (Å²) >= 11 is 0. The van der Waals surface area contributed by atoms with E-state index in [4.69, 9.17) is 10.5 Å². The third kappa shape index (κ3) is 3.49. The van der Waals surface area contributed by atoms with Crippen molar-refractivity contribution in [1.82, 2.24) is 9.47 Å². The van der Waals surface area contributed by atoms with Crippen LogP contribution in [0.4, 0.5) is 0 Å². The van der Waals surface area contributed by atoms with E-state index in [1.54, 1.807) is 24.3 Å². The topological polar surface area (TPSA) is 77.6 Å². The summed E-state index contributed by atoms with van der Waals surface area (Å²) in [5, 5.41) is 0. The van der Waals surface area contributed by atoms with E-state index in [0.29, 0.717) is 17.9 Å². The Balaban J connectivity index is 1.62. The van der Waals surface area contributed by atoms with Crippen molar-refractivity contribution < 1.29 is 14.3 Å². The van der Waals surface area contributed by atoms with E-state index in [0.717, 1.165) is 17.8 Å². The number of fused-ring (bicyclic) bond motifs is 1. The van der Waals surface area contributed by atoms with Crippen LogP contribution in [0.3, 0.4) is 0 Å². The molecule has 0 radical (unpaired) electrons. The molecule has 1 aliphatic rings. The number of carbonyl (C=O) groups is 2. The molecule has 0 spiro atoms. The van der Waals surface area contributed by atoms with Crippen LogP contribution in [0.1, 0.15) is 27.7 Å². The number of hydrogen-bond donors (Lipinski definition) is 1. The molecule has 2 N–H and O–H groups in total. The van der Waals surface area contributed by atoms with Gasteiger partial charge in [0, 0.05) is 30.5 Å². The fourth-order valence-electron chi connectivity index (χ4n) is 3.60. The number of primary amides is 1. The molecule has 2 amide bonds. The zero-order valence-corrected chi connectivity index (χ0v) is 15.3. The summed E-state index contributed by atoms with van der Waals surface area (Å²) in [7, 11) is 0. The first-order valence-corrected chi connectivity index (χ1v) is 9.15. The van der Waals surface area contributed by atoms with Gasteiger partial charge in [-0.3, -0.25) is 9.59 Å². The van der Waals surface area contributed by atoms with E-state index in [2.05, 4.69) is 16.8 Å². The summed E-state index contributed by atoms with van der Waals surface area (Å²) in [6, 6.07) is 20.8. The van der Waals surface area contributed by atoms with Gasteiger partial charge in [-0.25, -0.2) is 0 Å². The van der Waals surface area contributed by atoms with Crippen molar-refractivity contribution in [2.45, 2.75) is 12.6 Å². The van der Waals surface area contributed by atoms with Crippen LogP contribution in [0.15, 0.2) is 72.9 Å². The zero-order valence-electron chi connectivity index (χ0n) is 15.3. The fraction of sp³-hybridized carbons (Fsp3) is 0.182. The fourth-order valence-corrected chi connectivity index (χ4v) is 3.60. The van der Waals surface area contributed by atoms with Gasteiger partial charge in [-0.1, -0.05) is 30.3 Å². The maximum Gasteiger partial charge on any atom is 0.255 e. The van der Waals surface area contributed by atoms with Gasteiger partial charge in [0.15, 0.2) is 6.61 Å². The molecule has 142 valence electrons. The molecule has 1 aliphatic heterocycles. The number of ether oxygens (including phenoxy) is 1. The van der Waals surface area contributed by atoms with Gasteiger partial charge in [-0.2, -0.15) is 0 Å². The van der Waals surface area contributed by atoms with Crippen LogP contribution in [-0.2, 0) is 11.3 Å². The largest absolute Gasteiger partial charge is 0.484 e. The molecule has 6 heteroatoms. The molecular formula is C22H21N3O3. The lowest BCUT2D eigenvalue weighted by Gasteiger charge is -2.37. The molecule has 0 saturated carbocycles. The van der Waals surface area contributed by atoms with E-state index in [9.17, 15) is 9.59 Å². The van der Waals surface area contributed by atoms with Crippen molar-refractivity contribution in [1.29, 1.82) is 0 Å². The molecule has 1 atom stereocenters. The van der Waals surface area contributed by atoms with Gasteiger partial charge in [-0.05, 0) is 42.0 Å². The van der Waals surface area contributed by atoms with Crippen molar-refractivity contribution in [3.63, 3.8) is 0 Å². The van der Waals surface area contributed by atoms with Crippen LogP contribution in [0.5, 0.6) is 5.75 Å². The number of carbonyl (C=O) groups excluding carboxylic acids is 2. The number of hydrogen-bond acceptors (Lipinski definition) is 3. The van der Waals surface area contributed by atoms with Crippen LogP contribution >= 0.6 is 0 Å². The Kier molecular flexibility index (Phi) is 4.85. The second kappa shape index (κ2) is 7.60. The Hall–Kier alpha value is -3.54. The Morgan fingerprint density at radius 2 is 1.71 bits per heavy atom. The smallest absolute Gasteiger partial charge is 0.255 e. The van der Waals surface area contributed by atoms with E-state index in [-0.39, 0.29) is 18.6 Å². The maximum atomic E-state index is 13.3. The van der Waals surface area contributed by atoms with E-state index in [1.165, 1.54) is 0 Å². The van der Waals surface area contributed by atoms with Crippen LogP contribution in [-0.4, -0.2) is 34.4 Å². The molecule has 28 heavy (non-hydrogen) atoms. The van der Waals surface area contributed by atoms with Gasteiger partial charge in [0.25, 0.3) is 11.8 Å². The summed E-state index contributed by atoms with van der Waals surface area (Å²) < 4.78 is 7.47. The number of rotatable bonds is 5. The SMILES string of the molecule is NC(=O)COc1ccc(C(=O)N2CCn3cccc3C2c2ccccc2)cc1. The second-order valence-corrected chi connectivity index (χ2v) is 6.72. The lowest BCUT2D eigenvalue weighted by Crippen LogP contribution is -2.42. The van der Waals surface area contributed by atoms with Gasteiger partial charge in [-0.15, -0.1) is 0 Å². The lowest BCUT2D eigenvalue weighted by molar-refractivity contribution is -0.119. The van der Waals surface area contributed by atoms with Crippen molar-refractivity contribution in [3.8, 4) is 5.75 Å². The predicted octanol–water partition coefficient (Wildman–Crippen LogP) is 2.60. The first kappa shape index (κ1) is 17.9. The summed E-state index contributed by atoms with van der Waals surface area (Å²) in [5.74, 6) is -0.0765. The molecule has 1 unspecified atom stereocenters. The number of aromatic nitrogens is 1. The monoisotopic (exact) mass is 375 g/mol. The highest BCUT2D eigenvalue weighted by molar-refractivity contribution is 5.95. The Morgan fingerprint density at radius 3 is 2.43 bits per heavy atom. The average Bonchev–Trinajstić information content (AvgIpc) is 3.21. The molecule has 0 saturated heterocycles. The zero-order chi connectivity index (χ0) is 19.5. The molecular weight excluding hydrogens is 354 g/mol. The van der Waals surface area contributed by atoms with Gasteiger partial charge >= 0.3 is 0 Å². The van der Waals surface area contributed by atoms with Crippen LogP contribution in [0.2, 0.25) is 0 Å². The average molecular weight is 375 g/mol. The molecule has 4 rings (SSSR count). The molecule has 2 heterocycles. The van der Waals surface area contributed by atoms with Crippen molar-refractivity contribution in [2.75, 3.05) is 13.2 Å². The first-order chi connectivity index (χ1) is 13.6. The minimum absolute atomic E-state index is 0.0391. The quantitative estimate of drug-likeness (QED) is 0.745. The number of amides is 2. The van der Waals surface area contributed by atoms with Crippen molar-refractivity contribution in [2.24, 2.45) is 5.73 Å². The normalized spacial score (nSPS) is 15.7. The molecule has 2 aromatic carbocycles. The Bertz CT molecular complexity index is 980. The van der Waals surface area contributed by atoms with Gasteiger partial charge in [0.05, 0.1) is 6.04 Å². The minimum atomic E-state index is -0.540. The van der Waals surface area contributed by atoms with E-state index < -0.39 is 5.91 Å². The lowest BCUT2D eigenvalue weighted by atomic mass is 9.99. The van der Waals surface area contributed by atoms with Crippen molar-refractivity contribution >= 4 is 11.8 Å². The summed E-state index contributed by atoms with van der Waals surface area (Å²) in [6.45, 7) is 1.20. The second-order valence-electron chi connectivity index (χ2n) is 6.72. The molecule has 0 fully saturated rings. The molecule has 6 nitrogen and oxygen atoms in total. The highest BCUT2D eigenvalue weighted by Gasteiger charge is 2.32. The predicted molar refractivity (Wildman–Crippen MR) is 105 cm³/mol. The van der Waals surface area contributed by atoms with Crippen molar-refractivity contribution in [3.05, 3.63) is 89.7 Å². The highest BCUT2D eigenvalue weighted by Crippen LogP contribution is 2.33. The first-order valence-electron chi connectivity index (χ1n) is 9.15.